The Bertz CT molecular complexity index is 949. The molecule has 4 rings (SSSR count). The number of amides is 1. The van der Waals surface area contributed by atoms with E-state index in [1.54, 1.807) is 47.1 Å². The van der Waals surface area contributed by atoms with Crippen LogP contribution in [0.4, 0.5) is 5.69 Å². The lowest BCUT2D eigenvalue weighted by Gasteiger charge is -2.08. The largest absolute Gasteiger partial charge is 0.321 e. The number of rotatable bonds is 3. The minimum atomic E-state index is -0.286. The molecule has 1 N–H and O–H groups in total. The first-order valence-corrected chi connectivity index (χ1v) is 7.41. The van der Waals surface area contributed by atoms with Crippen molar-refractivity contribution in [3.63, 3.8) is 0 Å². The standard InChI is InChI=1S/C17H13N5O/c18-10-11-2-1-3-13(8-11)20-17(23)14-9-15(12-4-5-12)22-16(21-14)6-7-19-22/h1-3,6-9,12H,4-5H2,(H,20,23). The highest BCUT2D eigenvalue weighted by Crippen LogP contribution is 2.40. The second kappa shape index (κ2) is 5.21. The summed E-state index contributed by atoms with van der Waals surface area (Å²) in [5.74, 6) is 0.166. The number of nitrogens with one attached hydrogen (secondary N) is 1. The maximum atomic E-state index is 12.5. The fourth-order valence-corrected chi connectivity index (χ4v) is 2.58. The minimum Gasteiger partial charge on any atom is -0.321 e. The molecule has 1 aliphatic carbocycles. The van der Waals surface area contributed by atoms with Crippen LogP contribution in [0, 0.1) is 11.3 Å². The third kappa shape index (κ3) is 2.53. The number of aromatic nitrogens is 3. The molecule has 1 fully saturated rings. The summed E-state index contributed by atoms with van der Waals surface area (Å²) in [5, 5.41) is 16.0. The van der Waals surface area contributed by atoms with Gasteiger partial charge in [-0.3, -0.25) is 4.79 Å². The van der Waals surface area contributed by atoms with E-state index in [1.165, 1.54) is 0 Å². The third-order valence-electron chi connectivity index (χ3n) is 3.86. The summed E-state index contributed by atoms with van der Waals surface area (Å²) in [6, 6.07) is 12.5. The van der Waals surface area contributed by atoms with Crippen molar-refractivity contribution < 1.29 is 4.79 Å². The third-order valence-corrected chi connectivity index (χ3v) is 3.86. The first kappa shape index (κ1) is 13.5. The van der Waals surface area contributed by atoms with Gasteiger partial charge in [-0.05, 0) is 37.1 Å². The van der Waals surface area contributed by atoms with Crippen LogP contribution in [0.5, 0.6) is 0 Å². The maximum Gasteiger partial charge on any atom is 0.274 e. The number of carbonyl (C=O) groups is 1. The maximum absolute atomic E-state index is 12.5. The van der Waals surface area contributed by atoms with E-state index < -0.39 is 0 Å². The van der Waals surface area contributed by atoms with Gasteiger partial charge in [0.15, 0.2) is 5.65 Å². The fourth-order valence-electron chi connectivity index (χ4n) is 2.58. The number of fused-ring (bicyclic) bond motifs is 1. The zero-order valence-electron chi connectivity index (χ0n) is 12.2. The minimum absolute atomic E-state index is 0.286. The smallest absolute Gasteiger partial charge is 0.274 e. The summed E-state index contributed by atoms with van der Waals surface area (Å²) in [7, 11) is 0. The lowest BCUT2D eigenvalue weighted by Crippen LogP contribution is -2.15. The molecule has 0 bridgehead atoms. The van der Waals surface area contributed by atoms with Crippen molar-refractivity contribution in [2.24, 2.45) is 0 Å². The van der Waals surface area contributed by atoms with Crippen LogP contribution in [0.1, 0.15) is 40.5 Å². The molecule has 0 radical (unpaired) electrons. The Labute approximate surface area is 132 Å². The number of anilines is 1. The van der Waals surface area contributed by atoms with Gasteiger partial charge in [-0.25, -0.2) is 9.50 Å². The molecule has 0 atom stereocenters. The van der Waals surface area contributed by atoms with E-state index >= 15 is 0 Å². The highest BCUT2D eigenvalue weighted by atomic mass is 16.1. The quantitative estimate of drug-likeness (QED) is 0.806. The molecule has 2 aromatic heterocycles. The van der Waals surface area contributed by atoms with Gasteiger partial charge in [0, 0.05) is 23.4 Å². The summed E-state index contributed by atoms with van der Waals surface area (Å²) in [5.41, 5.74) is 3.14. The molecule has 1 aliphatic rings. The van der Waals surface area contributed by atoms with Crippen LogP contribution in [0.25, 0.3) is 5.65 Å². The zero-order chi connectivity index (χ0) is 15.8. The normalized spacial score (nSPS) is 13.7. The van der Waals surface area contributed by atoms with Gasteiger partial charge in [0.25, 0.3) is 5.91 Å². The Balaban J connectivity index is 1.68. The van der Waals surface area contributed by atoms with E-state index in [1.807, 2.05) is 0 Å². The Morgan fingerprint density at radius 3 is 2.96 bits per heavy atom. The van der Waals surface area contributed by atoms with E-state index in [0.717, 1.165) is 18.5 Å². The summed E-state index contributed by atoms with van der Waals surface area (Å²) < 4.78 is 1.80. The van der Waals surface area contributed by atoms with Crippen LogP contribution in [-0.2, 0) is 0 Å². The highest BCUT2D eigenvalue weighted by molar-refractivity contribution is 6.03. The molecule has 112 valence electrons. The van der Waals surface area contributed by atoms with Gasteiger partial charge in [-0.15, -0.1) is 0 Å². The first-order valence-electron chi connectivity index (χ1n) is 7.41. The highest BCUT2D eigenvalue weighted by Gasteiger charge is 2.28. The summed E-state index contributed by atoms with van der Waals surface area (Å²) >= 11 is 0. The summed E-state index contributed by atoms with van der Waals surface area (Å²) in [6.07, 6.45) is 3.92. The average Bonchev–Trinajstić information content (AvgIpc) is 3.31. The lowest BCUT2D eigenvalue weighted by molar-refractivity contribution is 0.102. The summed E-state index contributed by atoms with van der Waals surface area (Å²) in [4.78, 5) is 16.9. The van der Waals surface area contributed by atoms with Crippen molar-refractivity contribution in [2.75, 3.05) is 5.32 Å². The first-order chi connectivity index (χ1) is 11.2. The topological polar surface area (TPSA) is 83.1 Å². The van der Waals surface area contributed by atoms with E-state index in [0.29, 0.717) is 28.5 Å². The van der Waals surface area contributed by atoms with Crippen LogP contribution in [0.3, 0.4) is 0 Å². The molecule has 6 nitrogen and oxygen atoms in total. The van der Waals surface area contributed by atoms with Crippen LogP contribution in [0.15, 0.2) is 42.6 Å². The second-order valence-electron chi connectivity index (χ2n) is 5.59. The van der Waals surface area contributed by atoms with Gasteiger partial charge in [0.05, 0.1) is 17.8 Å². The van der Waals surface area contributed by atoms with Gasteiger partial charge in [0.1, 0.15) is 5.69 Å². The number of benzene rings is 1. The van der Waals surface area contributed by atoms with Crippen LogP contribution < -0.4 is 5.32 Å². The van der Waals surface area contributed by atoms with E-state index in [2.05, 4.69) is 21.5 Å². The van der Waals surface area contributed by atoms with E-state index in [-0.39, 0.29) is 5.91 Å². The molecule has 6 heteroatoms. The molecule has 0 spiro atoms. The van der Waals surface area contributed by atoms with Gasteiger partial charge in [-0.2, -0.15) is 10.4 Å². The number of carbonyl (C=O) groups excluding carboxylic acids is 1. The predicted molar refractivity (Wildman–Crippen MR) is 84.1 cm³/mol. The monoisotopic (exact) mass is 303 g/mol. The molecule has 23 heavy (non-hydrogen) atoms. The molecular formula is C17H13N5O. The van der Waals surface area contributed by atoms with Crippen molar-refractivity contribution in [3.05, 3.63) is 59.5 Å². The molecule has 0 unspecified atom stereocenters. The molecule has 1 saturated carbocycles. The van der Waals surface area contributed by atoms with Gasteiger partial charge in [0.2, 0.25) is 0 Å². The lowest BCUT2D eigenvalue weighted by atomic mass is 10.2. The molecule has 2 heterocycles. The molecule has 1 aromatic carbocycles. The SMILES string of the molecule is N#Cc1cccc(NC(=O)c2cc(C3CC3)n3nccc3n2)c1. The Kier molecular flexibility index (Phi) is 3.05. The Morgan fingerprint density at radius 1 is 1.30 bits per heavy atom. The van der Waals surface area contributed by atoms with Crippen LogP contribution in [0.2, 0.25) is 0 Å². The van der Waals surface area contributed by atoms with Gasteiger partial charge in [-0.1, -0.05) is 6.07 Å². The predicted octanol–water partition coefficient (Wildman–Crippen LogP) is 2.73. The zero-order valence-corrected chi connectivity index (χ0v) is 12.2. The van der Waals surface area contributed by atoms with Crippen molar-refractivity contribution in [1.82, 2.24) is 14.6 Å². The van der Waals surface area contributed by atoms with Crippen molar-refractivity contribution in [3.8, 4) is 6.07 Å². The number of hydrogen-bond donors (Lipinski definition) is 1. The van der Waals surface area contributed by atoms with Crippen LogP contribution in [-0.4, -0.2) is 20.5 Å². The number of nitriles is 1. The van der Waals surface area contributed by atoms with Crippen molar-refractivity contribution >= 4 is 17.2 Å². The van der Waals surface area contributed by atoms with Crippen molar-refractivity contribution in [2.45, 2.75) is 18.8 Å². The number of nitrogens with zero attached hydrogens (tertiary/aromatic N) is 4. The van der Waals surface area contributed by atoms with Gasteiger partial charge >= 0.3 is 0 Å². The molecule has 1 amide bonds. The summed E-state index contributed by atoms with van der Waals surface area (Å²) in [6.45, 7) is 0. The van der Waals surface area contributed by atoms with Crippen LogP contribution >= 0.6 is 0 Å². The number of hydrogen-bond acceptors (Lipinski definition) is 4. The van der Waals surface area contributed by atoms with Gasteiger partial charge < -0.3 is 5.32 Å². The van der Waals surface area contributed by atoms with E-state index in [9.17, 15) is 4.79 Å². The second-order valence-corrected chi connectivity index (χ2v) is 5.59. The van der Waals surface area contributed by atoms with E-state index in [4.69, 9.17) is 5.26 Å². The molecule has 3 aromatic rings. The molecule has 0 aliphatic heterocycles. The fraction of sp³-hybridized carbons (Fsp3) is 0.176. The molecular weight excluding hydrogens is 290 g/mol. The molecule has 0 saturated heterocycles. The Hall–Kier alpha value is -3.20. The van der Waals surface area contributed by atoms with Crippen molar-refractivity contribution in [1.29, 1.82) is 5.26 Å². The Morgan fingerprint density at radius 2 is 2.17 bits per heavy atom. The average molecular weight is 303 g/mol.